The molecule has 3 heterocycles. The molecule has 1 saturated heterocycles. The van der Waals surface area contributed by atoms with Gasteiger partial charge in [0.05, 0.1) is 22.1 Å². The van der Waals surface area contributed by atoms with E-state index < -0.39 is 33.5 Å². The summed E-state index contributed by atoms with van der Waals surface area (Å²) in [6.07, 6.45) is 1.95. The number of likely N-dealkylation sites (N-methyl/N-ethyl adjacent to an activating group) is 1. The van der Waals surface area contributed by atoms with Crippen molar-refractivity contribution in [1.82, 2.24) is 19.8 Å². The quantitative estimate of drug-likeness (QED) is 0.295. The fourth-order valence-corrected chi connectivity index (χ4v) is 4.72. The molecule has 0 bridgehead atoms. The molecule has 3 aromatic rings. The number of pyridine rings is 2. The molecule has 0 radical (unpaired) electrons. The minimum Gasteiger partial charge on any atom is -0.445 e. The van der Waals surface area contributed by atoms with Gasteiger partial charge in [0.1, 0.15) is 12.1 Å². The summed E-state index contributed by atoms with van der Waals surface area (Å²) in [5.41, 5.74) is -5.24. The third-order valence-corrected chi connectivity index (χ3v) is 7.23. The summed E-state index contributed by atoms with van der Waals surface area (Å²) in [6, 6.07) is 10.8. The van der Waals surface area contributed by atoms with Crippen molar-refractivity contribution < 1.29 is 40.1 Å². The Kier molecular flexibility index (Phi) is 8.16. The van der Waals surface area contributed by atoms with E-state index in [1.54, 1.807) is 0 Å². The number of benzene rings is 1. The van der Waals surface area contributed by atoms with Crippen LogP contribution in [0, 0.1) is 0 Å². The fourth-order valence-electron chi connectivity index (χ4n) is 4.09. The lowest BCUT2D eigenvalue weighted by molar-refractivity contribution is -0.0501. The normalized spacial score (nSPS) is 15.8. The molecule has 1 aliphatic rings. The zero-order valence-corrected chi connectivity index (χ0v) is 22.0. The number of halogens is 4. The van der Waals surface area contributed by atoms with Gasteiger partial charge in [0.2, 0.25) is 5.88 Å². The van der Waals surface area contributed by atoms with E-state index in [-0.39, 0.29) is 40.8 Å². The van der Waals surface area contributed by atoms with Crippen molar-refractivity contribution in [3.8, 4) is 5.88 Å². The van der Waals surface area contributed by atoms with E-state index in [0.29, 0.717) is 19.4 Å². The summed E-state index contributed by atoms with van der Waals surface area (Å²) in [7, 11) is -4.53. The first kappa shape index (κ1) is 28.4. The number of alkyl halides is 3. The lowest BCUT2D eigenvalue weighted by Gasteiger charge is -2.28. The van der Waals surface area contributed by atoms with Gasteiger partial charge >= 0.3 is 21.7 Å². The highest BCUT2D eigenvalue weighted by Crippen LogP contribution is 2.30. The molecule has 4 rings (SSSR count). The monoisotopic (exact) mass is 586 g/mol. The zero-order valence-electron chi connectivity index (χ0n) is 20.4. The maximum Gasteiger partial charge on any atom is 0.534 e. The first-order valence-corrected chi connectivity index (χ1v) is 13.3. The van der Waals surface area contributed by atoms with Crippen molar-refractivity contribution in [2.45, 2.75) is 31.0 Å². The highest BCUT2D eigenvalue weighted by Gasteiger charge is 2.49. The van der Waals surface area contributed by atoms with E-state index in [1.165, 1.54) is 23.0 Å². The molecular formula is C24H22ClF3N4O6S. The zero-order chi connectivity index (χ0) is 28.4. The number of aromatic nitrogens is 2. The smallest absolute Gasteiger partial charge is 0.445 e. The molecule has 1 aromatic carbocycles. The van der Waals surface area contributed by atoms with E-state index in [1.807, 2.05) is 30.3 Å². The Hall–Kier alpha value is -3.65. The molecule has 0 N–H and O–H groups in total. The van der Waals surface area contributed by atoms with Crippen LogP contribution in [-0.4, -0.2) is 71.9 Å². The van der Waals surface area contributed by atoms with Gasteiger partial charge in [-0.2, -0.15) is 21.6 Å². The molecule has 10 nitrogen and oxygen atoms in total. The Morgan fingerprint density at radius 1 is 1.18 bits per heavy atom. The number of nitrogens with zero attached hydrogens (tertiary/aromatic N) is 4. The van der Waals surface area contributed by atoms with Crippen LogP contribution in [0.4, 0.5) is 18.0 Å². The van der Waals surface area contributed by atoms with Crippen LogP contribution in [0.1, 0.15) is 28.8 Å². The second-order valence-electron chi connectivity index (χ2n) is 8.70. The van der Waals surface area contributed by atoms with Crippen LogP contribution < -0.4 is 4.18 Å². The topological polar surface area (TPSA) is 119 Å². The third-order valence-electron chi connectivity index (χ3n) is 5.98. The van der Waals surface area contributed by atoms with Gasteiger partial charge in [0.15, 0.2) is 0 Å². The summed E-state index contributed by atoms with van der Waals surface area (Å²) >= 11 is 6.22. The molecule has 208 valence electrons. The highest BCUT2D eigenvalue weighted by molar-refractivity contribution is 7.87. The molecule has 1 fully saturated rings. The number of hydrogen-bond acceptors (Lipinski definition) is 8. The first-order chi connectivity index (χ1) is 18.4. The minimum absolute atomic E-state index is 0.0693. The van der Waals surface area contributed by atoms with Gasteiger partial charge in [-0.1, -0.05) is 41.9 Å². The standard InChI is InChI=1S/C24H22ClF3N4O6S/c1-31(13-16-8-5-11-32(16)23(34)37-14-15-6-3-2-4-7-15)22(33)20-17(25)12-29-18-9-10-19(30-21(18)20)38-39(35,36)24(26,27)28/h2-4,6-7,9-10,12,16H,5,8,11,13-14H2,1H3/t16-/m0/s1. The molecule has 15 heteroatoms. The molecule has 0 spiro atoms. The van der Waals surface area contributed by atoms with Crippen LogP contribution in [0.5, 0.6) is 5.88 Å². The van der Waals surface area contributed by atoms with Gasteiger partial charge in [-0.05, 0) is 24.5 Å². The summed E-state index contributed by atoms with van der Waals surface area (Å²) in [5.74, 6) is -1.58. The van der Waals surface area contributed by atoms with E-state index in [4.69, 9.17) is 16.3 Å². The summed E-state index contributed by atoms with van der Waals surface area (Å²) < 4.78 is 70.6. The number of likely N-dealkylation sites (tertiary alicyclic amines) is 1. The Bertz CT molecular complexity index is 1490. The van der Waals surface area contributed by atoms with Gasteiger partial charge in [0, 0.05) is 32.4 Å². The van der Waals surface area contributed by atoms with Gasteiger partial charge in [-0.3, -0.25) is 9.78 Å². The average molecular weight is 587 g/mol. The molecule has 0 aliphatic carbocycles. The van der Waals surface area contributed by atoms with Crippen molar-refractivity contribution in [2.75, 3.05) is 20.1 Å². The fraction of sp³-hybridized carbons (Fsp3) is 0.333. The first-order valence-electron chi connectivity index (χ1n) is 11.6. The van der Waals surface area contributed by atoms with Crippen LogP contribution in [0.2, 0.25) is 5.02 Å². The molecule has 1 atom stereocenters. The SMILES string of the molecule is CN(C[C@@H]1CCCN1C(=O)OCc1ccccc1)C(=O)c1c(Cl)cnc2ccc(OS(=O)(=O)C(F)(F)F)nc12. The maximum absolute atomic E-state index is 13.4. The lowest BCUT2D eigenvalue weighted by Crippen LogP contribution is -2.44. The molecule has 2 aromatic heterocycles. The minimum atomic E-state index is -5.99. The highest BCUT2D eigenvalue weighted by atomic mass is 35.5. The predicted octanol–water partition coefficient (Wildman–Crippen LogP) is 4.38. The molecule has 39 heavy (non-hydrogen) atoms. The molecule has 0 saturated carbocycles. The van der Waals surface area contributed by atoms with E-state index in [0.717, 1.165) is 17.7 Å². The number of fused-ring (bicyclic) bond motifs is 1. The van der Waals surface area contributed by atoms with Gasteiger partial charge in [-0.25, -0.2) is 9.78 Å². The second-order valence-corrected chi connectivity index (χ2v) is 10.6. The average Bonchev–Trinajstić information content (AvgIpc) is 3.34. The maximum atomic E-state index is 13.4. The predicted molar refractivity (Wildman–Crippen MR) is 133 cm³/mol. The van der Waals surface area contributed by atoms with Crippen LogP contribution in [-0.2, 0) is 21.5 Å². The van der Waals surface area contributed by atoms with E-state index in [2.05, 4.69) is 14.2 Å². The number of ether oxygens (including phenoxy) is 1. The number of carbonyl (C=O) groups excluding carboxylic acids is 2. The van der Waals surface area contributed by atoms with Gasteiger partial charge in [-0.15, -0.1) is 0 Å². The molecule has 1 aliphatic heterocycles. The third kappa shape index (κ3) is 6.33. The molecule has 2 amide bonds. The summed E-state index contributed by atoms with van der Waals surface area (Å²) in [5, 5.41) is -0.159. The lowest BCUT2D eigenvalue weighted by atomic mass is 10.1. The Balaban J connectivity index is 1.52. The Labute approximate surface area is 226 Å². The molecular weight excluding hydrogens is 565 g/mol. The number of hydrogen-bond donors (Lipinski definition) is 0. The Morgan fingerprint density at radius 2 is 1.90 bits per heavy atom. The van der Waals surface area contributed by atoms with Crippen LogP contribution >= 0.6 is 11.6 Å². The number of amides is 2. The van der Waals surface area contributed by atoms with Crippen molar-refractivity contribution in [3.05, 3.63) is 64.8 Å². The Morgan fingerprint density at radius 3 is 2.59 bits per heavy atom. The van der Waals surface area contributed by atoms with Crippen LogP contribution in [0.25, 0.3) is 11.0 Å². The van der Waals surface area contributed by atoms with Crippen molar-refractivity contribution in [3.63, 3.8) is 0 Å². The van der Waals surface area contributed by atoms with Crippen molar-refractivity contribution in [1.29, 1.82) is 0 Å². The number of rotatable bonds is 7. The largest absolute Gasteiger partial charge is 0.534 e. The van der Waals surface area contributed by atoms with E-state index in [9.17, 15) is 31.2 Å². The molecule has 0 unspecified atom stereocenters. The van der Waals surface area contributed by atoms with Crippen molar-refractivity contribution >= 4 is 44.8 Å². The second kappa shape index (κ2) is 11.2. The van der Waals surface area contributed by atoms with Gasteiger partial charge < -0.3 is 18.7 Å². The summed E-state index contributed by atoms with van der Waals surface area (Å²) in [6.45, 7) is 0.629. The van der Waals surface area contributed by atoms with Crippen molar-refractivity contribution in [2.24, 2.45) is 0 Å². The van der Waals surface area contributed by atoms with Crippen LogP contribution in [0.3, 0.4) is 0 Å². The van der Waals surface area contributed by atoms with Crippen LogP contribution in [0.15, 0.2) is 48.7 Å². The summed E-state index contributed by atoms with van der Waals surface area (Å²) in [4.78, 5) is 36.7. The van der Waals surface area contributed by atoms with E-state index >= 15 is 0 Å². The van der Waals surface area contributed by atoms with Gasteiger partial charge in [0.25, 0.3) is 5.91 Å². The number of carbonyl (C=O) groups is 2.